The first kappa shape index (κ1) is 13.6. The number of aliphatic carboxylic acids is 1. The molecule has 0 unspecified atom stereocenters. The predicted octanol–water partition coefficient (Wildman–Crippen LogP) is 1.93. The van der Waals surface area contributed by atoms with Crippen LogP contribution in [-0.2, 0) is 4.79 Å². The summed E-state index contributed by atoms with van der Waals surface area (Å²) in [5, 5.41) is 8.84. The Morgan fingerprint density at radius 1 is 0.889 bits per heavy atom. The van der Waals surface area contributed by atoms with Crippen molar-refractivity contribution >= 4 is 5.97 Å². The molecule has 2 heterocycles. The molecule has 2 aliphatic heterocycles. The number of carbonyl (C=O) groups is 1. The largest absolute Gasteiger partial charge is 0.478 e. The average Bonchev–Trinajstić information content (AvgIpc) is 2.41. The van der Waals surface area contributed by atoms with Gasteiger partial charge in [0.25, 0.3) is 0 Å². The van der Waals surface area contributed by atoms with Gasteiger partial charge in [-0.15, -0.1) is 0 Å². The first-order valence-corrected chi connectivity index (χ1v) is 7.16. The molecule has 2 rings (SSSR count). The summed E-state index contributed by atoms with van der Waals surface area (Å²) in [4.78, 5) is 15.6. The van der Waals surface area contributed by atoms with Crippen molar-refractivity contribution in [1.82, 2.24) is 9.80 Å². The van der Waals surface area contributed by atoms with Crippen LogP contribution in [0.4, 0.5) is 0 Å². The molecule has 0 aromatic heterocycles. The summed E-state index contributed by atoms with van der Waals surface area (Å²) in [6.07, 6.45) is 11.0. The van der Waals surface area contributed by atoms with Gasteiger partial charge in [0.05, 0.1) is 6.17 Å². The second-order valence-electron chi connectivity index (χ2n) is 5.30. The Morgan fingerprint density at radius 3 is 1.72 bits per heavy atom. The van der Waals surface area contributed by atoms with Crippen LogP contribution in [0.25, 0.3) is 0 Å². The molecule has 102 valence electrons. The van der Waals surface area contributed by atoms with E-state index in [2.05, 4.69) is 9.80 Å². The van der Waals surface area contributed by atoms with Crippen molar-refractivity contribution in [2.75, 3.05) is 26.2 Å². The number of carboxylic acid groups (broad SMARTS) is 1. The van der Waals surface area contributed by atoms with E-state index in [1.165, 1.54) is 44.6 Å². The number of likely N-dealkylation sites (tertiary alicyclic amines) is 2. The Kier molecular flexibility index (Phi) is 5.20. The van der Waals surface area contributed by atoms with Crippen molar-refractivity contribution < 1.29 is 9.90 Å². The molecule has 2 saturated heterocycles. The smallest absolute Gasteiger partial charge is 0.328 e. The summed E-state index contributed by atoms with van der Waals surface area (Å²) in [5.74, 6) is -0.839. The molecule has 18 heavy (non-hydrogen) atoms. The van der Waals surface area contributed by atoms with Crippen LogP contribution in [-0.4, -0.2) is 53.2 Å². The third-order valence-electron chi connectivity index (χ3n) is 3.94. The van der Waals surface area contributed by atoms with E-state index >= 15 is 0 Å². The van der Waals surface area contributed by atoms with Crippen LogP contribution in [0.1, 0.15) is 38.5 Å². The van der Waals surface area contributed by atoms with Gasteiger partial charge in [0, 0.05) is 6.08 Å². The number of hydrogen-bond donors (Lipinski definition) is 1. The first-order chi connectivity index (χ1) is 8.77. The molecule has 2 fully saturated rings. The van der Waals surface area contributed by atoms with Gasteiger partial charge in [0.2, 0.25) is 0 Å². The number of rotatable bonds is 4. The van der Waals surface area contributed by atoms with Crippen molar-refractivity contribution in [2.24, 2.45) is 0 Å². The van der Waals surface area contributed by atoms with Gasteiger partial charge in [-0.05, 0) is 57.9 Å². The van der Waals surface area contributed by atoms with Crippen LogP contribution < -0.4 is 0 Å². The summed E-state index contributed by atoms with van der Waals surface area (Å²) in [5.41, 5.74) is 0. The summed E-state index contributed by atoms with van der Waals surface area (Å²) in [6, 6.07) is 0. The summed E-state index contributed by atoms with van der Waals surface area (Å²) in [6.45, 7) is 4.41. The lowest BCUT2D eigenvalue weighted by atomic mass is 10.1. The lowest BCUT2D eigenvalue weighted by Gasteiger charge is -2.41. The Hall–Kier alpha value is -0.870. The number of carboxylic acids is 1. The highest BCUT2D eigenvalue weighted by atomic mass is 16.4. The van der Waals surface area contributed by atoms with E-state index in [9.17, 15) is 4.79 Å². The molecule has 0 spiro atoms. The SMILES string of the molecule is O=C(O)C=CC(N1CCCCC1)N1CCCCC1. The second-order valence-corrected chi connectivity index (χ2v) is 5.30. The maximum Gasteiger partial charge on any atom is 0.328 e. The molecule has 4 nitrogen and oxygen atoms in total. The van der Waals surface area contributed by atoms with Crippen molar-refractivity contribution in [2.45, 2.75) is 44.7 Å². The molecule has 0 radical (unpaired) electrons. The van der Waals surface area contributed by atoms with Gasteiger partial charge in [-0.25, -0.2) is 4.79 Å². The van der Waals surface area contributed by atoms with Crippen LogP contribution in [0.2, 0.25) is 0 Å². The molecule has 0 atom stereocenters. The average molecular weight is 252 g/mol. The van der Waals surface area contributed by atoms with Gasteiger partial charge < -0.3 is 5.11 Å². The number of piperidine rings is 2. The lowest BCUT2D eigenvalue weighted by molar-refractivity contribution is -0.131. The summed E-state index contributed by atoms with van der Waals surface area (Å²) < 4.78 is 0. The standard InChI is InChI=1S/C14H24N2O2/c17-14(18)8-7-13(15-9-3-1-4-10-15)16-11-5-2-6-12-16/h7-8,13H,1-6,9-12H2,(H,17,18). The zero-order chi connectivity index (χ0) is 12.8. The van der Waals surface area contributed by atoms with Crippen LogP contribution >= 0.6 is 0 Å². The number of hydrogen-bond acceptors (Lipinski definition) is 3. The van der Waals surface area contributed by atoms with E-state index in [-0.39, 0.29) is 6.17 Å². The Morgan fingerprint density at radius 2 is 1.33 bits per heavy atom. The van der Waals surface area contributed by atoms with Crippen molar-refractivity contribution in [3.63, 3.8) is 0 Å². The fourth-order valence-electron chi connectivity index (χ4n) is 3.01. The monoisotopic (exact) mass is 252 g/mol. The minimum atomic E-state index is -0.839. The minimum Gasteiger partial charge on any atom is -0.478 e. The molecule has 1 N–H and O–H groups in total. The highest BCUT2D eigenvalue weighted by Crippen LogP contribution is 2.19. The van der Waals surface area contributed by atoms with Gasteiger partial charge in [-0.1, -0.05) is 12.8 Å². The van der Waals surface area contributed by atoms with Crippen molar-refractivity contribution in [3.05, 3.63) is 12.2 Å². The van der Waals surface area contributed by atoms with Gasteiger partial charge in [-0.2, -0.15) is 0 Å². The zero-order valence-electron chi connectivity index (χ0n) is 11.1. The Bertz CT molecular complexity index is 274. The maximum absolute atomic E-state index is 10.7. The topological polar surface area (TPSA) is 43.8 Å². The normalized spacial score (nSPS) is 23.8. The van der Waals surface area contributed by atoms with Crippen molar-refractivity contribution in [3.8, 4) is 0 Å². The van der Waals surface area contributed by atoms with E-state index in [0.717, 1.165) is 26.2 Å². The van der Waals surface area contributed by atoms with Gasteiger partial charge in [0.1, 0.15) is 0 Å². The molecule has 0 bridgehead atoms. The van der Waals surface area contributed by atoms with E-state index in [4.69, 9.17) is 5.11 Å². The van der Waals surface area contributed by atoms with E-state index in [0.29, 0.717) is 0 Å². The van der Waals surface area contributed by atoms with E-state index < -0.39 is 5.97 Å². The van der Waals surface area contributed by atoms with E-state index in [1.807, 2.05) is 6.08 Å². The van der Waals surface area contributed by atoms with Gasteiger partial charge in [-0.3, -0.25) is 9.80 Å². The molecule has 0 amide bonds. The van der Waals surface area contributed by atoms with Gasteiger partial charge >= 0.3 is 5.97 Å². The maximum atomic E-state index is 10.7. The van der Waals surface area contributed by atoms with E-state index in [1.54, 1.807) is 0 Å². The molecule has 0 aliphatic carbocycles. The molecular weight excluding hydrogens is 228 g/mol. The molecule has 2 aliphatic rings. The molecule has 0 aromatic rings. The third kappa shape index (κ3) is 3.82. The van der Waals surface area contributed by atoms with Crippen LogP contribution in [0.15, 0.2) is 12.2 Å². The highest BCUT2D eigenvalue weighted by Gasteiger charge is 2.25. The fourth-order valence-corrected chi connectivity index (χ4v) is 3.01. The summed E-state index contributed by atoms with van der Waals surface area (Å²) in [7, 11) is 0. The molecular formula is C14H24N2O2. The van der Waals surface area contributed by atoms with Crippen LogP contribution in [0.5, 0.6) is 0 Å². The quantitative estimate of drug-likeness (QED) is 0.776. The molecule has 0 saturated carbocycles. The first-order valence-electron chi connectivity index (χ1n) is 7.16. The van der Waals surface area contributed by atoms with Crippen molar-refractivity contribution in [1.29, 1.82) is 0 Å². The molecule has 4 heteroatoms. The highest BCUT2D eigenvalue weighted by molar-refractivity contribution is 5.79. The van der Waals surface area contributed by atoms with Gasteiger partial charge in [0.15, 0.2) is 0 Å². The lowest BCUT2D eigenvalue weighted by Crippen LogP contribution is -2.50. The Labute approximate surface area is 109 Å². The fraction of sp³-hybridized carbons (Fsp3) is 0.786. The second kappa shape index (κ2) is 6.90. The zero-order valence-corrected chi connectivity index (χ0v) is 11.1. The minimum absolute atomic E-state index is 0.196. The molecule has 0 aromatic carbocycles. The summed E-state index contributed by atoms with van der Waals surface area (Å²) >= 11 is 0. The predicted molar refractivity (Wildman–Crippen MR) is 71.4 cm³/mol. The van der Waals surface area contributed by atoms with Crippen LogP contribution in [0, 0.1) is 0 Å². The van der Waals surface area contributed by atoms with Crippen LogP contribution in [0.3, 0.4) is 0 Å². The third-order valence-corrected chi connectivity index (χ3v) is 3.94. The number of nitrogens with zero attached hydrogens (tertiary/aromatic N) is 2. The Balaban J connectivity index is 2.02.